The van der Waals surface area contributed by atoms with E-state index in [1.54, 1.807) is 6.07 Å². The summed E-state index contributed by atoms with van der Waals surface area (Å²) in [5.74, 6) is -0.279. The van der Waals surface area contributed by atoms with Crippen molar-refractivity contribution in [3.05, 3.63) is 65.9 Å². The minimum absolute atomic E-state index is 0.279. The fraction of sp³-hybridized carbons (Fsp3) is 0.0625. The van der Waals surface area contributed by atoms with Crippen molar-refractivity contribution >= 4 is 22.6 Å². The molecule has 2 aromatic carbocycles. The number of hydrogen-bond donors (Lipinski definition) is 2. The van der Waals surface area contributed by atoms with Crippen LogP contribution in [0.25, 0.3) is 10.9 Å². The number of benzene rings is 2. The topological polar surface area (TPSA) is 54.1 Å². The van der Waals surface area contributed by atoms with Crippen LogP contribution in [0.4, 0.5) is 5.69 Å². The number of esters is 1. The zero-order valence-corrected chi connectivity index (χ0v) is 10.6. The lowest BCUT2D eigenvalue weighted by atomic mass is 10.1. The third kappa shape index (κ3) is 1.66. The van der Waals surface area contributed by atoms with Crippen LogP contribution in [0, 0.1) is 0 Å². The number of ether oxygens (including phenoxy) is 1. The van der Waals surface area contributed by atoms with Crippen molar-refractivity contribution in [3.8, 4) is 0 Å². The first-order chi connectivity index (χ1) is 9.81. The Bertz CT molecular complexity index is 807. The van der Waals surface area contributed by atoms with Gasteiger partial charge in [-0.25, -0.2) is 4.79 Å². The van der Waals surface area contributed by atoms with E-state index >= 15 is 0 Å². The number of H-pyrrole nitrogens is 1. The quantitative estimate of drug-likeness (QED) is 0.697. The number of hydrogen-bond acceptors (Lipinski definition) is 3. The molecule has 4 heteroatoms. The average Bonchev–Trinajstić information content (AvgIpc) is 3.05. The van der Waals surface area contributed by atoms with Crippen LogP contribution in [0.15, 0.2) is 54.7 Å². The second-order valence-corrected chi connectivity index (χ2v) is 4.80. The van der Waals surface area contributed by atoms with Crippen LogP contribution < -0.4 is 5.32 Å². The maximum absolute atomic E-state index is 11.8. The molecule has 0 aliphatic carbocycles. The van der Waals surface area contributed by atoms with Gasteiger partial charge < -0.3 is 15.0 Å². The highest BCUT2D eigenvalue weighted by Crippen LogP contribution is 2.31. The first-order valence-corrected chi connectivity index (χ1v) is 6.45. The van der Waals surface area contributed by atoms with Gasteiger partial charge in [-0.15, -0.1) is 0 Å². The first kappa shape index (κ1) is 11.1. The Kier molecular flexibility index (Phi) is 2.29. The van der Waals surface area contributed by atoms with E-state index in [0.29, 0.717) is 5.56 Å². The summed E-state index contributed by atoms with van der Waals surface area (Å²) in [6.07, 6.45) is 1.48. The van der Waals surface area contributed by atoms with Crippen molar-refractivity contribution < 1.29 is 9.53 Å². The first-order valence-electron chi connectivity index (χ1n) is 6.45. The minimum Gasteiger partial charge on any atom is -0.434 e. The van der Waals surface area contributed by atoms with Gasteiger partial charge in [-0.05, 0) is 29.7 Å². The fourth-order valence-corrected chi connectivity index (χ4v) is 2.54. The Morgan fingerprint density at radius 1 is 1.10 bits per heavy atom. The molecule has 0 saturated carbocycles. The molecule has 3 aromatic rings. The molecule has 2 heterocycles. The number of aromatic nitrogens is 1. The van der Waals surface area contributed by atoms with E-state index in [4.69, 9.17) is 4.74 Å². The summed E-state index contributed by atoms with van der Waals surface area (Å²) in [4.78, 5) is 14.9. The van der Waals surface area contributed by atoms with Crippen molar-refractivity contribution in [2.24, 2.45) is 0 Å². The Labute approximate surface area is 115 Å². The molecule has 1 atom stereocenters. The lowest BCUT2D eigenvalue weighted by Gasteiger charge is -2.14. The van der Waals surface area contributed by atoms with Crippen molar-refractivity contribution in [1.29, 1.82) is 0 Å². The van der Waals surface area contributed by atoms with Crippen LogP contribution in [0.1, 0.15) is 22.1 Å². The standard InChI is InChI=1S/C16H12N2O2/c19-16-13-4-2-1-3-12(13)15(20-16)18-11-6-5-10-7-8-17-14(10)9-11/h1-9,15,17-18H. The molecule has 0 saturated heterocycles. The molecule has 4 nitrogen and oxygen atoms in total. The van der Waals surface area contributed by atoms with E-state index < -0.39 is 6.23 Å². The van der Waals surface area contributed by atoms with E-state index in [-0.39, 0.29) is 5.97 Å². The largest absolute Gasteiger partial charge is 0.434 e. The molecular formula is C16H12N2O2. The van der Waals surface area contributed by atoms with Gasteiger partial charge in [0.15, 0.2) is 0 Å². The lowest BCUT2D eigenvalue weighted by molar-refractivity contribution is 0.0437. The van der Waals surface area contributed by atoms with Crippen LogP contribution in [0.5, 0.6) is 0 Å². The van der Waals surface area contributed by atoms with Gasteiger partial charge in [0.25, 0.3) is 0 Å². The van der Waals surface area contributed by atoms with Gasteiger partial charge in [-0.2, -0.15) is 0 Å². The van der Waals surface area contributed by atoms with Crippen molar-refractivity contribution in [2.75, 3.05) is 5.32 Å². The molecule has 4 rings (SSSR count). The van der Waals surface area contributed by atoms with Crippen LogP contribution in [0.3, 0.4) is 0 Å². The third-order valence-electron chi connectivity index (χ3n) is 3.54. The number of carbonyl (C=O) groups excluding carboxylic acids is 1. The van der Waals surface area contributed by atoms with Crippen LogP contribution >= 0.6 is 0 Å². The Balaban J connectivity index is 1.68. The van der Waals surface area contributed by atoms with Gasteiger partial charge in [0.05, 0.1) is 5.56 Å². The second-order valence-electron chi connectivity index (χ2n) is 4.80. The van der Waals surface area contributed by atoms with Gasteiger partial charge in [0, 0.05) is 23.0 Å². The maximum Gasteiger partial charge on any atom is 0.340 e. The molecule has 0 bridgehead atoms. The van der Waals surface area contributed by atoms with Gasteiger partial charge in [-0.1, -0.05) is 24.3 Å². The highest BCUT2D eigenvalue weighted by atomic mass is 16.6. The normalized spacial score (nSPS) is 17.0. The fourth-order valence-electron chi connectivity index (χ4n) is 2.54. The summed E-state index contributed by atoms with van der Waals surface area (Å²) < 4.78 is 5.37. The van der Waals surface area contributed by atoms with Crippen molar-refractivity contribution in [3.63, 3.8) is 0 Å². The SMILES string of the molecule is O=C1OC(Nc2ccc3cc[nH]c3c2)c2ccccc21. The highest BCUT2D eigenvalue weighted by Gasteiger charge is 2.30. The molecule has 98 valence electrons. The van der Waals surface area contributed by atoms with Crippen LogP contribution in [-0.4, -0.2) is 11.0 Å². The summed E-state index contributed by atoms with van der Waals surface area (Å²) in [6.45, 7) is 0. The zero-order valence-electron chi connectivity index (χ0n) is 10.6. The summed E-state index contributed by atoms with van der Waals surface area (Å²) in [5, 5.41) is 4.40. The smallest absolute Gasteiger partial charge is 0.340 e. The number of cyclic esters (lactones) is 1. The van der Waals surface area contributed by atoms with E-state index in [9.17, 15) is 4.79 Å². The van der Waals surface area contributed by atoms with Gasteiger partial charge >= 0.3 is 5.97 Å². The molecule has 0 spiro atoms. The highest BCUT2D eigenvalue weighted by molar-refractivity contribution is 5.94. The van der Waals surface area contributed by atoms with E-state index in [0.717, 1.165) is 22.2 Å². The second kappa shape index (κ2) is 4.13. The number of rotatable bonds is 2. The molecule has 0 radical (unpaired) electrons. The minimum atomic E-state index is -0.425. The molecule has 1 aliphatic heterocycles. The van der Waals surface area contributed by atoms with Crippen LogP contribution in [-0.2, 0) is 4.74 Å². The lowest BCUT2D eigenvalue weighted by Crippen LogP contribution is -2.10. The number of anilines is 1. The van der Waals surface area contributed by atoms with E-state index in [2.05, 4.69) is 10.3 Å². The average molecular weight is 264 g/mol. The molecule has 1 aliphatic rings. The van der Waals surface area contributed by atoms with Gasteiger partial charge in [0.1, 0.15) is 0 Å². The predicted molar refractivity (Wildman–Crippen MR) is 76.5 cm³/mol. The summed E-state index contributed by atoms with van der Waals surface area (Å²) in [6, 6.07) is 15.5. The maximum atomic E-state index is 11.8. The Morgan fingerprint density at radius 2 is 2.00 bits per heavy atom. The number of nitrogens with one attached hydrogen (secondary N) is 2. The molecule has 0 fully saturated rings. The predicted octanol–water partition coefficient (Wildman–Crippen LogP) is 3.45. The molecule has 1 aromatic heterocycles. The molecule has 0 amide bonds. The van der Waals surface area contributed by atoms with Crippen molar-refractivity contribution in [2.45, 2.75) is 6.23 Å². The number of fused-ring (bicyclic) bond motifs is 2. The van der Waals surface area contributed by atoms with E-state index in [1.807, 2.05) is 48.7 Å². The monoisotopic (exact) mass is 264 g/mol. The van der Waals surface area contributed by atoms with Gasteiger partial charge in [-0.3, -0.25) is 0 Å². The summed E-state index contributed by atoms with van der Waals surface area (Å²) >= 11 is 0. The van der Waals surface area contributed by atoms with E-state index in [1.165, 1.54) is 0 Å². The number of carbonyl (C=O) groups is 1. The molecule has 1 unspecified atom stereocenters. The Hall–Kier alpha value is -2.75. The number of aromatic amines is 1. The van der Waals surface area contributed by atoms with Crippen LogP contribution in [0.2, 0.25) is 0 Å². The molecular weight excluding hydrogens is 252 g/mol. The zero-order chi connectivity index (χ0) is 13.5. The third-order valence-corrected chi connectivity index (χ3v) is 3.54. The molecule has 20 heavy (non-hydrogen) atoms. The summed E-state index contributed by atoms with van der Waals surface area (Å²) in [7, 11) is 0. The summed E-state index contributed by atoms with van der Waals surface area (Å²) in [5.41, 5.74) is 3.47. The van der Waals surface area contributed by atoms with Gasteiger partial charge in [0.2, 0.25) is 6.23 Å². The Morgan fingerprint density at radius 3 is 2.95 bits per heavy atom. The molecule has 2 N–H and O–H groups in total. The van der Waals surface area contributed by atoms with Crippen molar-refractivity contribution in [1.82, 2.24) is 4.98 Å².